The second-order valence-corrected chi connectivity index (χ2v) is 7.25. The highest BCUT2D eigenvalue weighted by Crippen LogP contribution is 2.32. The number of imide groups is 1. The molecule has 0 aliphatic carbocycles. The molecule has 0 atom stereocenters. The second-order valence-electron chi connectivity index (χ2n) is 6.26. The molecular weight excluding hydrogens is 360 g/mol. The average Bonchev–Trinajstić information content (AvgIpc) is 2.92. The zero-order valence-corrected chi connectivity index (χ0v) is 15.8. The van der Waals surface area contributed by atoms with E-state index in [1.165, 1.54) is 4.90 Å². The number of nitrogens with zero attached hydrogens (tertiary/aromatic N) is 1. The number of benzene rings is 2. The first-order chi connectivity index (χ1) is 13.0. The number of thioether (sulfide) groups is 1. The molecule has 2 aromatic carbocycles. The van der Waals surface area contributed by atoms with Crippen LogP contribution in [0.3, 0.4) is 0 Å². The Morgan fingerprint density at radius 3 is 2.48 bits per heavy atom. The SMILES string of the molecule is Cc1ccc(NC(=O)CCCN2C(=O)S/C(=C/c3ccccc3)C2=O)cc1. The van der Waals surface area contributed by atoms with Gasteiger partial charge in [-0.1, -0.05) is 48.0 Å². The Balaban J connectivity index is 1.51. The van der Waals surface area contributed by atoms with Gasteiger partial charge in [0, 0.05) is 18.7 Å². The quantitative estimate of drug-likeness (QED) is 0.752. The normalized spacial score (nSPS) is 15.4. The molecule has 1 aliphatic rings. The molecule has 0 radical (unpaired) electrons. The number of hydrogen-bond donors (Lipinski definition) is 1. The molecule has 0 unspecified atom stereocenters. The molecule has 1 heterocycles. The van der Waals surface area contributed by atoms with Crippen molar-refractivity contribution in [2.75, 3.05) is 11.9 Å². The lowest BCUT2D eigenvalue weighted by Crippen LogP contribution is -2.29. The minimum Gasteiger partial charge on any atom is -0.326 e. The van der Waals surface area contributed by atoms with Crippen molar-refractivity contribution in [3.8, 4) is 0 Å². The van der Waals surface area contributed by atoms with Crippen LogP contribution in [0.15, 0.2) is 59.5 Å². The van der Waals surface area contributed by atoms with Gasteiger partial charge < -0.3 is 5.32 Å². The lowest BCUT2D eigenvalue weighted by Gasteiger charge is -2.12. The molecule has 3 rings (SSSR count). The van der Waals surface area contributed by atoms with Crippen LogP contribution in [0.4, 0.5) is 10.5 Å². The number of carbonyl (C=O) groups excluding carboxylic acids is 3. The summed E-state index contributed by atoms with van der Waals surface area (Å²) >= 11 is 0.937. The van der Waals surface area contributed by atoms with Gasteiger partial charge in [-0.2, -0.15) is 0 Å². The van der Waals surface area contributed by atoms with E-state index in [1.807, 2.05) is 61.5 Å². The summed E-state index contributed by atoms with van der Waals surface area (Å²) in [5.74, 6) is -0.432. The van der Waals surface area contributed by atoms with Crippen molar-refractivity contribution >= 4 is 40.6 Å². The molecule has 0 spiro atoms. The third-order valence-corrected chi connectivity index (χ3v) is 5.00. The second kappa shape index (κ2) is 8.68. The molecule has 3 amide bonds. The summed E-state index contributed by atoms with van der Waals surface area (Å²) in [7, 11) is 0. The van der Waals surface area contributed by atoms with E-state index in [9.17, 15) is 14.4 Å². The van der Waals surface area contributed by atoms with E-state index in [4.69, 9.17) is 0 Å². The maximum Gasteiger partial charge on any atom is 0.293 e. The van der Waals surface area contributed by atoms with Gasteiger partial charge in [-0.3, -0.25) is 19.3 Å². The number of carbonyl (C=O) groups is 3. The molecule has 138 valence electrons. The molecule has 2 aromatic rings. The number of rotatable bonds is 6. The molecular formula is C21H20N2O3S. The maximum atomic E-state index is 12.4. The van der Waals surface area contributed by atoms with Crippen molar-refractivity contribution in [1.29, 1.82) is 0 Å². The van der Waals surface area contributed by atoms with Crippen LogP contribution in [0.2, 0.25) is 0 Å². The highest BCUT2D eigenvalue weighted by Gasteiger charge is 2.34. The summed E-state index contributed by atoms with van der Waals surface area (Å²) < 4.78 is 0. The van der Waals surface area contributed by atoms with E-state index in [0.29, 0.717) is 11.3 Å². The van der Waals surface area contributed by atoms with Crippen molar-refractivity contribution in [3.63, 3.8) is 0 Å². The summed E-state index contributed by atoms with van der Waals surface area (Å²) in [5.41, 5.74) is 2.74. The van der Waals surface area contributed by atoms with Gasteiger partial charge in [0.15, 0.2) is 0 Å². The highest BCUT2D eigenvalue weighted by molar-refractivity contribution is 8.18. The van der Waals surface area contributed by atoms with E-state index in [2.05, 4.69) is 5.32 Å². The van der Waals surface area contributed by atoms with Crippen LogP contribution in [0, 0.1) is 6.92 Å². The zero-order chi connectivity index (χ0) is 19.2. The Labute approximate surface area is 162 Å². The summed E-state index contributed by atoms with van der Waals surface area (Å²) in [6, 6.07) is 16.9. The van der Waals surface area contributed by atoms with Gasteiger partial charge in [0.25, 0.3) is 11.1 Å². The largest absolute Gasteiger partial charge is 0.326 e. The molecule has 6 heteroatoms. The van der Waals surface area contributed by atoms with Gasteiger partial charge in [-0.15, -0.1) is 0 Å². The van der Waals surface area contributed by atoms with Gasteiger partial charge in [0.1, 0.15) is 0 Å². The van der Waals surface area contributed by atoms with Gasteiger partial charge in [0.05, 0.1) is 4.91 Å². The number of aryl methyl sites for hydroxylation is 1. The molecule has 27 heavy (non-hydrogen) atoms. The predicted octanol–water partition coefficient (Wildman–Crippen LogP) is 4.45. The Morgan fingerprint density at radius 2 is 1.78 bits per heavy atom. The van der Waals surface area contributed by atoms with Gasteiger partial charge in [-0.05, 0) is 48.9 Å². The summed E-state index contributed by atoms with van der Waals surface area (Å²) in [5, 5.41) is 2.52. The molecule has 1 N–H and O–H groups in total. The standard InChI is InChI=1S/C21H20N2O3S/c1-15-9-11-17(12-10-15)22-19(24)8-5-13-23-20(25)18(27-21(23)26)14-16-6-3-2-4-7-16/h2-4,6-7,9-12,14H,5,8,13H2,1H3,(H,22,24)/b18-14+. The minimum absolute atomic E-state index is 0.134. The van der Waals surface area contributed by atoms with Gasteiger partial charge >= 0.3 is 0 Å². The van der Waals surface area contributed by atoms with E-state index in [0.717, 1.165) is 28.6 Å². The summed E-state index contributed by atoms with van der Waals surface area (Å²) in [4.78, 5) is 38.2. The van der Waals surface area contributed by atoms with Crippen LogP contribution in [0.25, 0.3) is 6.08 Å². The molecule has 1 aliphatic heterocycles. The van der Waals surface area contributed by atoms with Gasteiger partial charge in [-0.25, -0.2) is 0 Å². The van der Waals surface area contributed by atoms with E-state index in [1.54, 1.807) is 6.08 Å². The Hall–Kier alpha value is -2.86. The first kappa shape index (κ1) is 18.9. The van der Waals surface area contributed by atoms with Crippen LogP contribution in [0.5, 0.6) is 0 Å². The van der Waals surface area contributed by atoms with Crippen molar-refractivity contribution in [2.45, 2.75) is 19.8 Å². The molecule has 0 aromatic heterocycles. The van der Waals surface area contributed by atoms with Crippen LogP contribution >= 0.6 is 11.8 Å². The van der Waals surface area contributed by atoms with E-state index in [-0.39, 0.29) is 30.0 Å². The zero-order valence-electron chi connectivity index (χ0n) is 15.0. The molecule has 0 saturated carbocycles. The topological polar surface area (TPSA) is 66.5 Å². The van der Waals surface area contributed by atoms with Crippen molar-refractivity contribution in [1.82, 2.24) is 4.90 Å². The molecule has 1 fully saturated rings. The van der Waals surface area contributed by atoms with E-state index < -0.39 is 0 Å². The number of amides is 3. The Morgan fingerprint density at radius 1 is 1.07 bits per heavy atom. The van der Waals surface area contributed by atoms with Crippen LogP contribution in [-0.4, -0.2) is 28.5 Å². The van der Waals surface area contributed by atoms with Crippen molar-refractivity contribution < 1.29 is 14.4 Å². The molecule has 5 nitrogen and oxygen atoms in total. The summed E-state index contributed by atoms with van der Waals surface area (Å²) in [6.45, 7) is 2.21. The number of nitrogens with one attached hydrogen (secondary N) is 1. The highest BCUT2D eigenvalue weighted by atomic mass is 32.2. The monoisotopic (exact) mass is 380 g/mol. The molecule has 0 bridgehead atoms. The lowest BCUT2D eigenvalue weighted by atomic mass is 10.2. The van der Waals surface area contributed by atoms with Crippen LogP contribution in [-0.2, 0) is 9.59 Å². The first-order valence-electron chi connectivity index (χ1n) is 8.70. The number of hydrogen-bond acceptors (Lipinski definition) is 4. The predicted molar refractivity (Wildman–Crippen MR) is 108 cm³/mol. The number of anilines is 1. The van der Waals surface area contributed by atoms with Crippen molar-refractivity contribution in [3.05, 3.63) is 70.6 Å². The fraction of sp³-hybridized carbons (Fsp3) is 0.190. The maximum absolute atomic E-state index is 12.4. The fourth-order valence-electron chi connectivity index (χ4n) is 2.65. The smallest absolute Gasteiger partial charge is 0.293 e. The van der Waals surface area contributed by atoms with Crippen LogP contribution in [0.1, 0.15) is 24.0 Å². The van der Waals surface area contributed by atoms with Gasteiger partial charge in [0.2, 0.25) is 5.91 Å². The van der Waals surface area contributed by atoms with E-state index >= 15 is 0 Å². The fourth-order valence-corrected chi connectivity index (χ4v) is 3.52. The lowest BCUT2D eigenvalue weighted by molar-refractivity contribution is -0.123. The Kier molecular flexibility index (Phi) is 6.08. The van der Waals surface area contributed by atoms with Crippen LogP contribution < -0.4 is 5.32 Å². The third kappa shape index (κ3) is 5.08. The Bertz CT molecular complexity index is 876. The first-order valence-corrected chi connectivity index (χ1v) is 9.51. The average molecular weight is 380 g/mol. The minimum atomic E-state index is -0.298. The third-order valence-electron chi connectivity index (χ3n) is 4.09. The van der Waals surface area contributed by atoms with Crippen molar-refractivity contribution in [2.24, 2.45) is 0 Å². The summed E-state index contributed by atoms with van der Waals surface area (Å²) in [6.07, 6.45) is 2.39. The molecule has 1 saturated heterocycles.